The van der Waals surface area contributed by atoms with E-state index in [-0.39, 0.29) is 30.5 Å². The number of aromatic amines is 1. The Hall–Kier alpha value is -3.43. The number of aryl methyl sites for hydroxylation is 2. The van der Waals surface area contributed by atoms with Crippen molar-refractivity contribution in [1.82, 2.24) is 24.4 Å². The molecule has 0 aliphatic rings. The Balaban J connectivity index is 1.80. The summed E-state index contributed by atoms with van der Waals surface area (Å²) in [5.74, 6) is 0.236. The summed E-state index contributed by atoms with van der Waals surface area (Å²) < 4.78 is 22.1. The Morgan fingerprint density at radius 1 is 1.26 bits per heavy atom. The SMILES string of the molecule is CCCCn1c(=O)[nH]c(=O)c2c1nc(CCC(=O)NCc1ccc(OC)c(F)c1)n2CC(C)C. The molecule has 0 saturated carbocycles. The lowest BCUT2D eigenvalue weighted by atomic mass is 10.2. The van der Waals surface area contributed by atoms with Gasteiger partial charge in [-0.2, -0.15) is 0 Å². The highest BCUT2D eigenvalue weighted by Gasteiger charge is 2.19. The average molecular weight is 474 g/mol. The number of imidazole rings is 1. The number of H-pyrrole nitrogens is 1. The molecule has 0 aliphatic carbocycles. The Morgan fingerprint density at radius 3 is 2.68 bits per heavy atom. The van der Waals surface area contributed by atoms with Gasteiger partial charge in [-0.3, -0.25) is 19.1 Å². The van der Waals surface area contributed by atoms with Crippen LogP contribution in [-0.4, -0.2) is 32.1 Å². The molecule has 0 bridgehead atoms. The Morgan fingerprint density at radius 2 is 2.03 bits per heavy atom. The fourth-order valence-corrected chi connectivity index (χ4v) is 3.83. The summed E-state index contributed by atoms with van der Waals surface area (Å²) in [6.07, 6.45) is 2.11. The van der Waals surface area contributed by atoms with Crippen molar-refractivity contribution in [2.75, 3.05) is 7.11 Å². The molecular weight excluding hydrogens is 441 g/mol. The van der Waals surface area contributed by atoms with Gasteiger partial charge in [-0.15, -0.1) is 0 Å². The molecule has 0 unspecified atom stereocenters. The second-order valence-electron chi connectivity index (χ2n) is 8.71. The zero-order valence-electron chi connectivity index (χ0n) is 20.1. The first kappa shape index (κ1) is 25.2. The van der Waals surface area contributed by atoms with Crippen LogP contribution < -0.4 is 21.3 Å². The van der Waals surface area contributed by atoms with Gasteiger partial charge in [-0.25, -0.2) is 14.2 Å². The summed E-state index contributed by atoms with van der Waals surface area (Å²) in [5, 5.41) is 2.78. The van der Waals surface area contributed by atoms with Crippen molar-refractivity contribution in [3.63, 3.8) is 0 Å². The van der Waals surface area contributed by atoms with Crippen LogP contribution in [0.25, 0.3) is 11.2 Å². The number of halogens is 1. The van der Waals surface area contributed by atoms with Gasteiger partial charge in [0.2, 0.25) is 5.91 Å². The first-order valence-electron chi connectivity index (χ1n) is 11.6. The van der Waals surface area contributed by atoms with Crippen LogP contribution in [0.4, 0.5) is 4.39 Å². The maximum absolute atomic E-state index is 13.9. The van der Waals surface area contributed by atoms with E-state index in [1.165, 1.54) is 23.8 Å². The second-order valence-corrected chi connectivity index (χ2v) is 8.71. The minimum Gasteiger partial charge on any atom is -0.494 e. The highest BCUT2D eigenvalue weighted by Crippen LogP contribution is 2.18. The molecule has 0 atom stereocenters. The van der Waals surface area contributed by atoms with Gasteiger partial charge in [0.05, 0.1) is 7.11 Å². The summed E-state index contributed by atoms with van der Waals surface area (Å²) in [7, 11) is 1.39. The Bertz CT molecular complexity index is 1270. The van der Waals surface area contributed by atoms with Crippen molar-refractivity contribution in [1.29, 1.82) is 0 Å². The number of ether oxygens (including phenoxy) is 1. The smallest absolute Gasteiger partial charge is 0.330 e. The van der Waals surface area contributed by atoms with E-state index in [1.54, 1.807) is 6.07 Å². The van der Waals surface area contributed by atoms with Crippen molar-refractivity contribution < 1.29 is 13.9 Å². The van der Waals surface area contributed by atoms with Crippen LogP contribution in [0.3, 0.4) is 0 Å². The molecule has 184 valence electrons. The van der Waals surface area contributed by atoms with Gasteiger partial charge < -0.3 is 14.6 Å². The van der Waals surface area contributed by atoms with Crippen molar-refractivity contribution >= 4 is 17.1 Å². The van der Waals surface area contributed by atoms with Gasteiger partial charge in [0.15, 0.2) is 22.7 Å². The molecule has 1 amide bonds. The number of nitrogens with zero attached hydrogens (tertiary/aromatic N) is 3. The van der Waals surface area contributed by atoms with Crippen LogP contribution in [0.1, 0.15) is 51.4 Å². The van der Waals surface area contributed by atoms with Crippen molar-refractivity contribution in [2.45, 2.75) is 66.1 Å². The van der Waals surface area contributed by atoms with Crippen LogP contribution >= 0.6 is 0 Å². The van der Waals surface area contributed by atoms with Crippen LogP contribution in [-0.2, 0) is 30.8 Å². The molecule has 3 aromatic rings. The summed E-state index contributed by atoms with van der Waals surface area (Å²) in [4.78, 5) is 44.6. The number of unbranched alkanes of at least 4 members (excludes halogenated alkanes) is 1. The summed E-state index contributed by atoms with van der Waals surface area (Å²) in [6.45, 7) is 7.25. The topological polar surface area (TPSA) is 111 Å². The van der Waals surface area contributed by atoms with Crippen LogP contribution in [0.5, 0.6) is 5.75 Å². The number of benzene rings is 1. The average Bonchev–Trinajstić information content (AvgIpc) is 3.14. The molecular formula is C24H32FN5O4. The minimum absolute atomic E-state index is 0.136. The summed E-state index contributed by atoms with van der Waals surface area (Å²) >= 11 is 0. The molecule has 0 spiro atoms. The lowest BCUT2D eigenvalue weighted by molar-refractivity contribution is -0.121. The first-order valence-corrected chi connectivity index (χ1v) is 11.6. The Labute approximate surface area is 197 Å². The third-order valence-corrected chi connectivity index (χ3v) is 5.53. The molecule has 34 heavy (non-hydrogen) atoms. The zero-order chi connectivity index (χ0) is 24.8. The predicted octanol–water partition coefficient (Wildman–Crippen LogP) is 2.74. The fourth-order valence-electron chi connectivity index (χ4n) is 3.83. The van der Waals surface area contributed by atoms with Crippen molar-refractivity contribution in [2.24, 2.45) is 5.92 Å². The predicted molar refractivity (Wildman–Crippen MR) is 127 cm³/mol. The number of carbonyl (C=O) groups excluding carboxylic acids is 1. The van der Waals surface area contributed by atoms with E-state index in [4.69, 9.17) is 4.74 Å². The molecule has 0 radical (unpaired) electrons. The second kappa shape index (κ2) is 11.1. The van der Waals surface area contributed by atoms with E-state index in [0.717, 1.165) is 12.8 Å². The molecule has 1 aromatic carbocycles. The third kappa shape index (κ3) is 5.73. The van der Waals surface area contributed by atoms with Gasteiger partial charge in [0.25, 0.3) is 5.56 Å². The molecule has 3 rings (SSSR count). The quantitative estimate of drug-likeness (QED) is 0.445. The van der Waals surface area contributed by atoms with E-state index in [1.807, 2.05) is 25.3 Å². The monoisotopic (exact) mass is 473 g/mol. The van der Waals surface area contributed by atoms with E-state index < -0.39 is 17.1 Å². The molecule has 10 heteroatoms. The number of methoxy groups -OCH3 is 1. The number of amides is 1. The normalized spacial score (nSPS) is 11.4. The number of rotatable bonds is 11. The van der Waals surface area contributed by atoms with Crippen LogP contribution in [0.2, 0.25) is 0 Å². The number of hydrogen-bond acceptors (Lipinski definition) is 5. The number of carbonyl (C=O) groups is 1. The van der Waals surface area contributed by atoms with Gasteiger partial charge in [-0.05, 0) is 30.0 Å². The molecule has 9 nitrogen and oxygen atoms in total. The fraction of sp³-hybridized carbons (Fsp3) is 0.500. The summed E-state index contributed by atoms with van der Waals surface area (Å²) in [6, 6.07) is 4.52. The third-order valence-electron chi connectivity index (χ3n) is 5.53. The van der Waals surface area contributed by atoms with Gasteiger partial charge in [0.1, 0.15) is 5.82 Å². The first-order chi connectivity index (χ1) is 16.2. The number of nitrogens with one attached hydrogen (secondary N) is 2. The Kier molecular flexibility index (Phi) is 8.25. The lowest BCUT2D eigenvalue weighted by Crippen LogP contribution is -2.31. The van der Waals surface area contributed by atoms with E-state index in [9.17, 15) is 18.8 Å². The molecule has 0 fully saturated rings. The molecule has 2 N–H and O–H groups in total. The van der Waals surface area contributed by atoms with Gasteiger partial charge >= 0.3 is 5.69 Å². The van der Waals surface area contributed by atoms with Crippen LogP contribution in [0, 0.1) is 11.7 Å². The highest BCUT2D eigenvalue weighted by molar-refractivity contribution is 5.76. The highest BCUT2D eigenvalue weighted by atomic mass is 19.1. The number of fused-ring (bicyclic) bond motifs is 1. The zero-order valence-corrected chi connectivity index (χ0v) is 20.1. The van der Waals surface area contributed by atoms with Crippen LogP contribution in [0.15, 0.2) is 27.8 Å². The van der Waals surface area contributed by atoms with E-state index in [0.29, 0.717) is 42.1 Å². The maximum atomic E-state index is 13.9. The number of aromatic nitrogens is 4. The van der Waals surface area contributed by atoms with Gasteiger partial charge in [-0.1, -0.05) is 33.3 Å². The molecule has 2 aromatic heterocycles. The maximum Gasteiger partial charge on any atom is 0.330 e. The van der Waals surface area contributed by atoms with Crippen molar-refractivity contribution in [3.05, 3.63) is 56.2 Å². The summed E-state index contributed by atoms with van der Waals surface area (Å²) in [5.41, 5.74) is 0.375. The molecule has 0 saturated heterocycles. The largest absolute Gasteiger partial charge is 0.494 e. The van der Waals surface area contributed by atoms with E-state index >= 15 is 0 Å². The lowest BCUT2D eigenvalue weighted by Gasteiger charge is -2.12. The standard InChI is InChI=1S/C24H32FN5O4/c1-5-6-11-29-22-21(23(32)28-24(29)33)30(14-15(2)3)19(27-22)9-10-20(31)26-13-16-7-8-18(34-4)17(25)12-16/h7-8,12,15H,5-6,9-11,13-14H2,1-4H3,(H,26,31)(H,28,32,33). The molecule has 0 aliphatic heterocycles. The van der Waals surface area contributed by atoms with E-state index in [2.05, 4.69) is 15.3 Å². The minimum atomic E-state index is -0.490. The molecule has 2 heterocycles. The number of hydrogen-bond donors (Lipinski definition) is 2. The van der Waals surface area contributed by atoms with Crippen molar-refractivity contribution in [3.8, 4) is 5.75 Å². The van der Waals surface area contributed by atoms with Gasteiger partial charge in [0, 0.05) is 32.5 Å².